The summed E-state index contributed by atoms with van der Waals surface area (Å²) in [4.78, 5) is 64.2. The average molecular weight is 724 g/mol. The number of carboxylic acid groups (broad SMARTS) is 1. The number of para-hydroxylation sites is 3. The third-order valence-corrected chi connectivity index (χ3v) is 9.81. The van der Waals surface area contributed by atoms with Crippen molar-refractivity contribution in [3.63, 3.8) is 0 Å². The van der Waals surface area contributed by atoms with Crippen LogP contribution in [0, 0.1) is 0 Å². The number of amides is 3. The number of carbonyl (C=O) groups is 4. The maximum Gasteiger partial charge on any atom is 0.326 e. The maximum atomic E-state index is 14.4. The topological polar surface area (TPSA) is 198 Å². The third kappa shape index (κ3) is 8.03. The quantitative estimate of drug-likeness (QED) is 0.0777. The number of aliphatic carboxylic acids is 1. The number of benzene rings is 4. The smallest absolute Gasteiger partial charge is 0.326 e. The van der Waals surface area contributed by atoms with Gasteiger partial charge < -0.3 is 41.7 Å². The number of nitrogens with two attached hydrogens (primary N) is 1. The summed E-state index contributed by atoms with van der Waals surface area (Å²) in [5.41, 5.74) is 12.2. The van der Waals surface area contributed by atoms with Crippen LogP contribution in [0.1, 0.15) is 22.3 Å². The van der Waals surface area contributed by atoms with Crippen molar-refractivity contribution in [2.75, 3.05) is 0 Å². The second kappa shape index (κ2) is 15.9. The van der Waals surface area contributed by atoms with Gasteiger partial charge in [0, 0.05) is 70.6 Å². The Balaban J connectivity index is 1.16. The van der Waals surface area contributed by atoms with E-state index in [2.05, 4.69) is 30.9 Å². The first kappa shape index (κ1) is 35.7. The highest BCUT2D eigenvalue weighted by atomic mass is 16.4. The minimum atomic E-state index is -1.26. The second-order valence-electron chi connectivity index (χ2n) is 13.5. The van der Waals surface area contributed by atoms with Crippen molar-refractivity contribution in [1.82, 2.24) is 30.9 Å². The van der Waals surface area contributed by atoms with Crippen LogP contribution in [0.5, 0.6) is 0 Å². The predicted octanol–water partition coefficient (Wildman–Crippen LogP) is 4.27. The molecule has 274 valence electrons. The van der Waals surface area contributed by atoms with E-state index in [1.807, 2.05) is 85.1 Å². The number of aromatic nitrogens is 3. The molecule has 0 spiro atoms. The lowest BCUT2D eigenvalue weighted by Crippen LogP contribution is -2.58. The van der Waals surface area contributed by atoms with Crippen LogP contribution >= 0.6 is 0 Å². The third-order valence-electron chi connectivity index (χ3n) is 9.81. The van der Waals surface area contributed by atoms with E-state index in [1.54, 1.807) is 36.7 Å². The van der Waals surface area contributed by atoms with Crippen LogP contribution in [0.4, 0.5) is 0 Å². The van der Waals surface area contributed by atoms with Crippen LogP contribution < -0.4 is 21.7 Å². The monoisotopic (exact) mass is 723 g/mol. The molecule has 54 heavy (non-hydrogen) atoms. The van der Waals surface area contributed by atoms with Gasteiger partial charge in [0.05, 0.1) is 6.04 Å². The summed E-state index contributed by atoms with van der Waals surface area (Å²) in [5.74, 6) is -3.04. The Hall–Kier alpha value is -6.66. The van der Waals surface area contributed by atoms with Gasteiger partial charge in [0.15, 0.2) is 0 Å². The van der Waals surface area contributed by atoms with Gasteiger partial charge in [-0.15, -0.1) is 0 Å². The molecule has 3 amide bonds. The molecule has 7 aromatic rings. The number of aromatic amines is 3. The van der Waals surface area contributed by atoms with Crippen LogP contribution in [-0.2, 0) is 44.9 Å². The van der Waals surface area contributed by atoms with Crippen LogP contribution in [0.2, 0.25) is 0 Å². The Morgan fingerprint density at radius 1 is 0.500 bits per heavy atom. The lowest BCUT2D eigenvalue weighted by molar-refractivity contribution is -0.142. The first-order valence-corrected chi connectivity index (χ1v) is 17.8. The Morgan fingerprint density at radius 3 is 1.35 bits per heavy atom. The van der Waals surface area contributed by atoms with Crippen molar-refractivity contribution in [2.24, 2.45) is 5.73 Å². The van der Waals surface area contributed by atoms with E-state index < -0.39 is 47.9 Å². The summed E-state index contributed by atoms with van der Waals surface area (Å²) in [6.45, 7) is 0. The number of fused-ring (bicyclic) bond motifs is 3. The average Bonchev–Trinajstić information content (AvgIpc) is 3.91. The summed E-state index contributed by atoms with van der Waals surface area (Å²) in [7, 11) is 0. The number of carbonyl (C=O) groups excluding carboxylic acids is 3. The van der Waals surface area contributed by atoms with E-state index in [9.17, 15) is 24.3 Å². The Morgan fingerprint density at radius 2 is 0.889 bits per heavy atom. The fourth-order valence-electron chi connectivity index (χ4n) is 6.96. The molecule has 0 bridgehead atoms. The van der Waals surface area contributed by atoms with E-state index in [1.165, 1.54) is 0 Å². The summed E-state index contributed by atoms with van der Waals surface area (Å²) < 4.78 is 0. The van der Waals surface area contributed by atoms with Crippen molar-refractivity contribution in [3.05, 3.63) is 144 Å². The molecular formula is C42H41N7O5. The number of nitrogens with one attached hydrogen (secondary N) is 6. The summed E-state index contributed by atoms with van der Waals surface area (Å²) >= 11 is 0. The van der Waals surface area contributed by atoms with Crippen molar-refractivity contribution in [2.45, 2.75) is 49.9 Å². The predicted molar refractivity (Wildman–Crippen MR) is 208 cm³/mol. The maximum absolute atomic E-state index is 14.4. The van der Waals surface area contributed by atoms with Crippen LogP contribution in [0.15, 0.2) is 122 Å². The highest BCUT2D eigenvalue weighted by Gasteiger charge is 2.32. The molecule has 0 saturated carbocycles. The summed E-state index contributed by atoms with van der Waals surface area (Å²) in [6.07, 6.45) is 5.79. The first-order valence-electron chi connectivity index (χ1n) is 17.8. The van der Waals surface area contributed by atoms with Gasteiger partial charge in [-0.1, -0.05) is 84.9 Å². The molecule has 12 heteroatoms. The van der Waals surface area contributed by atoms with Gasteiger partial charge in [-0.25, -0.2) is 4.79 Å². The highest BCUT2D eigenvalue weighted by molar-refractivity contribution is 5.96. The number of H-pyrrole nitrogens is 3. The fourth-order valence-corrected chi connectivity index (χ4v) is 6.96. The molecule has 4 atom stereocenters. The van der Waals surface area contributed by atoms with Gasteiger partial charge in [-0.05, 0) is 46.9 Å². The number of hydrogen-bond acceptors (Lipinski definition) is 5. The van der Waals surface area contributed by atoms with Crippen LogP contribution in [0.3, 0.4) is 0 Å². The number of carboxylic acids is 1. The van der Waals surface area contributed by atoms with Crippen LogP contribution in [-0.4, -0.2) is 67.9 Å². The highest BCUT2D eigenvalue weighted by Crippen LogP contribution is 2.22. The molecule has 0 aliphatic heterocycles. The van der Waals surface area contributed by atoms with Gasteiger partial charge in [0.25, 0.3) is 0 Å². The fraction of sp³-hybridized carbons (Fsp3) is 0.190. The zero-order chi connectivity index (χ0) is 37.6. The normalized spacial score (nSPS) is 13.6. The molecule has 4 aromatic carbocycles. The van der Waals surface area contributed by atoms with Crippen molar-refractivity contribution >= 4 is 56.4 Å². The molecule has 0 aliphatic carbocycles. The largest absolute Gasteiger partial charge is 0.480 e. The molecule has 3 heterocycles. The van der Waals surface area contributed by atoms with Gasteiger partial charge in [-0.3, -0.25) is 14.4 Å². The Labute approximate surface area is 310 Å². The van der Waals surface area contributed by atoms with E-state index in [-0.39, 0.29) is 25.7 Å². The molecule has 0 fully saturated rings. The Kier molecular flexibility index (Phi) is 10.5. The standard InChI is InChI=1S/C42H41N7O5/c43-32(19-26-22-44-33-15-7-4-12-29(26)33)39(50)47-36(20-27-23-45-34-16-8-5-13-30(27)34)40(51)48-37(21-28-24-46-35-17-9-6-14-31(28)35)41(52)49-38(42(53)54)18-25-10-2-1-3-11-25/h1-17,22-24,32,36-38,44-46H,18-21,43H2,(H,47,50)(H,48,51)(H,49,52)(H,53,54). The van der Waals surface area contributed by atoms with E-state index in [0.29, 0.717) is 0 Å². The first-order chi connectivity index (χ1) is 26.2. The number of hydrogen-bond donors (Lipinski definition) is 8. The summed E-state index contributed by atoms with van der Waals surface area (Å²) in [5, 5.41) is 21.2. The molecule has 7 rings (SSSR count). The van der Waals surface area contributed by atoms with Gasteiger partial charge in [0.1, 0.15) is 18.1 Å². The Bertz CT molecular complexity index is 2430. The molecule has 4 unspecified atom stereocenters. The van der Waals surface area contributed by atoms with Gasteiger partial charge >= 0.3 is 5.97 Å². The van der Waals surface area contributed by atoms with Crippen LogP contribution in [0.25, 0.3) is 32.7 Å². The van der Waals surface area contributed by atoms with Gasteiger partial charge in [-0.2, -0.15) is 0 Å². The summed E-state index contributed by atoms with van der Waals surface area (Å²) in [6, 6.07) is 27.3. The van der Waals surface area contributed by atoms with Crippen molar-refractivity contribution in [3.8, 4) is 0 Å². The molecule has 9 N–H and O–H groups in total. The molecular weight excluding hydrogens is 683 g/mol. The zero-order valence-corrected chi connectivity index (χ0v) is 29.3. The van der Waals surface area contributed by atoms with Crippen molar-refractivity contribution in [1.29, 1.82) is 0 Å². The van der Waals surface area contributed by atoms with Gasteiger partial charge in [0.2, 0.25) is 17.7 Å². The molecule has 0 aliphatic rings. The zero-order valence-electron chi connectivity index (χ0n) is 29.3. The molecule has 0 saturated heterocycles. The SMILES string of the molecule is NC(Cc1c[nH]c2ccccc12)C(=O)NC(Cc1c[nH]c2ccccc12)C(=O)NC(Cc1c[nH]c2ccccc12)C(=O)NC(Cc1ccccc1)C(=O)O. The van der Waals surface area contributed by atoms with E-state index >= 15 is 0 Å². The minimum absolute atomic E-state index is 0.0449. The molecule has 3 aromatic heterocycles. The van der Waals surface area contributed by atoms with E-state index in [4.69, 9.17) is 5.73 Å². The lowest BCUT2D eigenvalue weighted by atomic mass is 10.00. The lowest BCUT2D eigenvalue weighted by Gasteiger charge is -2.25. The molecule has 0 radical (unpaired) electrons. The minimum Gasteiger partial charge on any atom is -0.480 e. The second-order valence-corrected chi connectivity index (χ2v) is 13.5. The van der Waals surface area contributed by atoms with E-state index in [0.717, 1.165) is 55.0 Å². The van der Waals surface area contributed by atoms with Crippen molar-refractivity contribution < 1.29 is 24.3 Å². The molecule has 12 nitrogen and oxygen atoms in total. The number of rotatable bonds is 15.